The van der Waals surface area contributed by atoms with Gasteiger partial charge in [0.15, 0.2) is 11.5 Å². The topological polar surface area (TPSA) is 80.9 Å². The number of nitrogens with zero attached hydrogens (tertiary/aromatic N) is 4. The third-order valence-corrected chi connectivity index (χ3v) is 2.22. The SMILES string of the molecule is Cc1ncc(-n2ccc(C(=O)O)n2)nc1C. The Morgan fingerprint density at radius 2 is 2.12 bits per heavy atom. The molecular formula is C10H10N4O2. The van der Waals surface area contributed by atoms with E-state index in [0.29, 0.717) is 5.82 Å². The second-order valence-electron chi connectivity index (χ2n) is 3.35. The number of carboxylic acids is 1. The smallest absolute Gasteiger partial charge is 0.356 e. The van der Waals surface area contributed by atoms with Gasteiger partial charge in [0, 0.05) is 6.20 Å². The van der Waals surface area contributed by atoms with E-state index in [-0.39, 0.29) is 5.69 Å². The van der Waals surface area contributed by atoms with Crippen molar-refractivity contribution < 1.29 is 9.90 Å². The molecule has 1 N–H and O–H groups in total. The van der Waals surface area contributed by atoms with E-state index >= 15 is 0 Å². The zero-order valence-corrected chi connectivity index (χ0v) is 8.88. The summed E-state index contributed by atoms with van der Waals surface area (Å²) < 4.78 is 1.39. The molecule has 2 aromatic rings. The molecule has 2 aromatic heterocycles. The molecule has 16 heavy (non-hydrogen) atoms. The fraction of sp³-hybridized carbons (Fsp3) is 0.200. The highest BCUT2D eigenvalue weighted by atomic mass is 16.4. The van der Waals surface area contributed by atoms with Crippen LogP contribution in [0.4, 0.5) is 0 Å². The van der Waals surface area contributed by atoms with E-state index in [4.69, 9.17) is 5.11 Å². The first-order valence-electron chi connectivity index (χ1n) is 4.67. The summed E-state index contributed by atoms with van der Waals surface area (Å²) in [5.41, 5.74) is 1.62. The van der Waals surface area contributed by atoms with Crippen LogP contribution < -0.4 is 0 Å². The Labute approximate surface area is 91.6 Å². The number of rotatable bonds is 2. The lowest BCUT2D eigenvalue weighted by Gasteiger charge is -2.02. The van der Waals surface area contributed by atoms with Gasteiger partial charge in [-0.15, -0.1) is 0 Å². The van der Waals surface area contributed by atoms with Crippen LogP contribution in [-0.2, 0) is 0 Å². The van der Waals surface area contributed by atoms with Gasteiger partial charge in [-0.2, -0.15) is 5.10 Å². The Hall–Kier alpha value is -2.24. The summed E-state index contributed by atoms with van der Waals surface area (Å²) in [6, 6.07) is 1.42. The summed E-state index contributed by atoms with van der Waals surface area (Å²) in [5.74, 6) is -0.550. The highest BCUT2D eigenvalue weighted by Crippen LogP contribution is 2.06. The number of hydrogen-bond donors (Lipinski definition) is 1. The van der Waals surface area contributed by atoms with Gasteiger partial charge in [0.2, 0.25) is 0 Å². The minimum atomic E-state index is -1.06. The maximum absolute atomic E-state index is 10.7. The van der Waals surface area contributed by atoms with Gasteiger partial charge in [0.05, 0.1) is 17.6 Å². The van der Waals surface area contributed by atoms with Crippen molar-refractivity contribution in [2.45, 2.75) is 13.8 Å². The van der Waals surface area contributed by atoms with Crippen molar-refractivity contribution in [3.8, 4) is 5.82 Å². The second-order valence-corrected chi connectivity index (χ2v) is 3.35. The number of carbonyl (C=O) groups is 1. The number of aromatic carboxylic acids is 1. The van der Waals surface area contributed by atoms with Crippen molar-refractivity contribution in [3.63, 3.8) is 0 Å². The van der Waals surface area contributed by atoms with E-state index in [1.165, 1.54) is 10.7 Å². The summed E-state index contributed by atoms with van der Waals surface area (Å²) in [7, 11) is 0. The molecule has 82 valence electrons. The van der Waals surface area contributed by atoms with Crippen LogP contribution in [0, 0.1) is 13.8 Å². The molecule has 2 rings (SSSR count). The Kier molecular flexibility index (Phi) is 2.40. The average Bonchev–Trinajstić information content (AvgIpc) is 2.71. The van der Waals surface area contributed by atoms with Crippen LogP contribution in [0.15, 0.2) is 18.5 Å². The van der Waals surface area contributed by atoms with Crippen LogP contribution in [0.5, 0.6) is 0 Å². The van der Waals surface area contributed by atoms with Crippen LogP contribution in [0.3, 0.4) is 0 Å². The summed E-state index contributed by atoms with van der Waals surface area (Å²) in [5, 5.41) is 12.6. The van der Waals surface area contributed by atoms with Gasteiger partial charge in [0.1, 0.15) is 0 Å². The van der Waals surface area contributed by atoms with E-state index in [1.54, 1.807) is 12.4 Å². The van der Waals surface area contributed by atoms with Crippen molar-refractivity contribution >= 4 is 5.97 Å². The zero-order valence-electron chi connectivity index (χ0n) is 8.88. The normalized spacial score (nSPS) is 10.4. The van der Waals surface area contributed by atoms with Gasteiger partial charge < -0.3 is 5.11 Å². The molecule has 0 aliphatic heterocycles. The zero-order chi connectivity index (χ0) is 11.7. The third kappa shape index (κ3) is 1.77. The minimum absolute atomic E-state index is 0.0139. The molecule has 2 heterocycles. The first-order chi connectivity index (χ1) is 7.58. The maximum Gasteiger partial charge on any atom is 0.356 e. The minimum Gasteiger partial charge on any atom is -0.476 e. The Balaban J connectivity index is 2.42. The van der Waals surface area contributed by atoms with Crippen molar-refractivity contribution in [3.05, 3.63) is 35.5 Å². The summed E-state index contributed by atoms with van der Waals surface area (Å²) in [4.78, 5) is 19.1. The molecule has 0 saturated heterocycles. The van der Waals surface area contributed by atoms with Gasteiger partial charge in [-0.25, -0.2) is 14.5 Å². The summed E-state index contributed by atoms with van der Waals surface area (Å²) in [6.45, 7) is 3.70. The third-order valence-electron chi connectivity index (χ3n) is 2.22. The molecule has 0 spiro atoms. The molecule has 6 heteroatoms. The van der Waals surface area contributed by atoms with Crippen LogP contribution in [0.2, 0.25) is 0 Å². The number of aromatic nitrogens is 4. The molecule has 0 amide bonds. The predicted octanol–water partition coefficient (Wildman–Crippen LogP) is 0.977. The number of aryl methyl sites for hydroxylation is 2. The molecule has 6 nitrogen and oxygen atoms in total. The second kappa shape index (κ2) is 3.73. The maximum atomic E-state index is 10.7. The monoisotopic (exact) mass is 218 g/mol. The standard InChI is InChI=1S/C10H10N4O2/c1-6-7(2)12-9(5-11-6)14-4-3-8(13-14)10(15)16/h3-5H,1-2H3,(H,15,16). The first-order valence-corrected chi connectivity index (χ1v) is 4.67. The molecule has 0 aliphatic rings. The molecule has 0 unspecified atom stereocenters. The Morgan fingerprint density at radius 1 is 1.38 bits per heavy atom. The van der Waals surface area contributed by atoms with E-state index < -0.39 is 5.97 Å². The fourth-order valence-electron chi connectivity index (χ4n) is 1.21. The average molecular weight is 218 g/mol. The number of hydrogen-bond acceptors (Lipinski definition) is 4. The van der Waals surface area contributed by atoms with E-state index in [2.05, 4.69) is 15.1 Å². The fourth-order valence-corrected chi connectivity index (χ4v) is 1.21. The van der Waals surface area contributed by atoms with Gasteiger partial charge in [-0.3, -0.25) is 4.98 Å². The molecular weight excluding hydrogens is 208 g/mol. The molecule has 0 bridgehead atoms. The van der Waals surface area contributed by atoms with Crippen molar-refractivity contribution in [2.24, 2.45) is 0 Å². The van der Waals surface area contributed by atoms with Crippen molar-refractivity contribution in [1.29, 1.82) is 0 Å². The quantitative estimate of drug-likeness (QED) is 0.812. The summed E-state index contributed by atoms with van der Waals surface area (Å²) >= 11 is 0. The lowest BCUT2D eigenvalue weighted by molar-refractivity contribution is 0.0690. The van der Waals surface area contributed by atoms with Gasteiger partial charge in [-0.05, 0) is 19.9 Å². The molecule has 0 saturated carbocycles. The van der Waals surface area contributed by atoms with Crippen molar-refractivity contribution in [1.82, 2.24) is 19.7 Å². The lowest BCUT2D eigenvalue weighted by Crippen LogP contribution is -2.04. The van der Waals surface area contributed by atoms with Gasteiger partial charge in [-0.1, -0.05) is 0 Å². The van der Waals surface area contributed by atoms with Crippen molar-refractivity contribution in [2.75, 3.05) is 0 Å². The van der Waals surface area contributed by atoms with Gasteiger partial charge >= 0.3 is 5.97 Å². The van der Waals surface area contributed by atoms with Crippen LogP contribution in [0.25, 0.3) is 5.82 Å². The van der Waals surface area contributed by atoms with Gasteiger partial charge in [0.25, 0.3) is 0 Å². The first kappa shape index (κ1) is 10.3. The summed E-state index contributed by atoms with van der Waals surface area (Å²) in [6.07, 6.45) is 3.10. The van der Waals surface area contributed by atoms with E-state index in [0.717, 1.165) is 11.4 Å². The molecule has 0 atom stereocenters. The van der Waals surface area contributed by atoms with Crippen LogP contribution >= 0.6 is 0 Å². The highest BCUT2D eigenvalue weighted by Gasteiger charge is 2.09. The molecule has 0 aliphatic carbocycles. The molecule has 0 radical (unpaired) electrons. The predicted molar refractivity (Wildman–Crippen MR) is 55.6 cm³/mol. The van der Waals surface area contributed by atoms with E-state index in [9.17, 15) is 4.79 Å². The Bertz CT molecular complexity index is 548. The molecule has 0 fully saturated rings. The Morgan fingerprint density at radius 3 is 2.69 bits per heavy atom. The molecule has 0 aromatic carbocycles. The largest absolute Gasteiger partial charge is 0.476 e. The highest BCUT2D eigenvalue weighted by molar-refractivity contribution is 5.85. The van der Waals surface area contributed by atoms with Crippen LogP contribution in [-0.4, -0.2) is 30.8 Å². The van der Waals surface area contributed by atoms with E-state index in [1.807, 2.05) is 13.8 Å². The lowest BCUT2D eigenvalue weighted by atomic mass is 10.3. The van der Waals surface area contributed by atoms with Crippen LogP contribution in [0.1, 0.15) is 21.9 Å². The number of carboxylic acid groups (broad SMARTS) is 1.